The summed E-state index contributed by atoms with van der Waals surface area (Å²) in [7, 11) is 0. The van der Waals surface area contributed by atoms with Crippen LogP contribution in [0.3, 0.4) is 0 Å². The molecule has 4 heteroatoms. The Morgan fingerprint density at radius 2 is 1.85 bits per heavy atom. The summed E-state index contributed by atoms with van der Waals surface area (Å²) < 4.78 is 0. The maximum absolute atomic E-state index is 11.0. The van der Waals surface area contributed by atoms with E-state index >= 15 is 0 Å². The maximum Gasteiger partial charge on any atom is 0.136 e. The fraction of sp³-hybridized carbons (Fsp3) is 0.700. The minimum Gasteiger partial charge on any atom is -0.364 e. The Balaban J connectivity index is 1.62. The lowest BCUT2D eigenvalue weighted by Gasteiger charge is -2.41. The molecule has 1 saturated heterocycles. The number of carbonyl (C=O) groups excluding carboxylic acids is 1. The predicted octanol–water partition coefficient (Wildman–Crippen LogP) is 5.99. The molecule has 0 amide bonds. The molecule has 1 aliphatic heterocycles. The number of piperidine rings is 1. The summed E-state index contributed by atoms with van der Waals surface area (Å²) in [4.78, 5) is 16.2. The molecular weight excluding hydrogens is 418 g/mol. The van der Waals surface area contributed by atoms with Crippen LogP contribution in [0.15, 0.2) is 35.9 Å². The quantitative estimate of drug-likeness (QED) is 0.303. The van der Waals surface area contributed by atoms with Gasteiger partial charge in [-0.25, -0.2) is 0 Å². The Kier molecular flexibility index (Phi) is 11.1. The van der Waals surface area contributed by atoms with Gasteiger partial charge >= 0.3 is 0 Å². The number of carbonyl (C=O) groups is 1. The van der Waals surface area contributed by atoms with Crippen molar-refractivity contribution in [2.24, 2.45) is 17.6 Å². The van der Waals surface area contributed by atoms with Crippen LogP contribution >= 0.6 is 0 Å². The lowest BCUT2D eigenvalue weighted by Crippen LogP contribution is -2.49. The third-order valence-electron chi connectivity index (χ3n) is 7.87. The van der Waals surface area contributed by atoms with E-state index in [9.17, 15) is 4.79 Å². The molecule has 190 valence electrons. The highest BCUT2D eigenvalue weighted by Crippen LogP contribution is 2.29. The van der Waals surface area contributed by atoms with Crippen molar-refractivity contribution in [2.75, 3.05) is 31.1 Å². The smallest absolute Gasteiger partial charge is 0.136 e. The van der Waals surface area contributed by atoms with Gasteiger partial charge in [-0.2, -0.15) is 0 Å². The summed E-state index contributed by atoms with van der Waals surface area (Å²) in [6, 6.07) is 9.65. The van der Waals surface area contributed by atoms with E-state index in [2.05, 4.69) is 60.9 Å². The molecule has 1 aliphatic carbocycles. The molecule has 3 unspecified atom stereocenters. The molecule has 0 aromatic heterocycles. The van der Waals surface area contributed by atoms with E-state index in [1.807, 2.05) is 0 Å². The van der Waals surface area contributed by atoms with E-state index < -0.39 is 0 Å². The minimum absolute atomic E-state index is 0.332. The molecule has 3 atom stereocenters. The van der Waals surface area contributed by atoms with E-state index in [4.69, 9.17) is 5.73 Å². The number of nitrogens with two attached hydrogens (primary N) is 1. The number of hydrogen-bond acceptors (Lipinski definition) is 4. The van der Waals surface area contributed by atoms with Crippen LogP contribution in [0.1, 0.15) is 84.1 Å². The van der Waals surface area contributed by atoms with E-state index in [0.717, 1.165) is 44.8 Å². The van der Waals surface area contributed by atoms with Gasteiger partial charge in [0.15, 0.2) is 0 Å². The van der Waals surface area contributed by atoms with Gasteiger partial charge in [0.25, 0.3) is 0 Å². The topological polar surface area (TPSA) is 49.6 Å². The van der Waals surface area contributed by atoms with Crippen molar-refractivity contribution in [3.63, 3.8) is 0 Å². The monoisotopic (exact) mass is 467 g/mol. The highest BCUT2D eigenvalue weighted by molar-refractivity contribution is 5.56. The van der Waals surface area contributed by atoms with E-state index in [1.165, 1.54) is 74.6 Å². The van der Waals surface area contributed by atoms with Gasteiger partial charge in [-0.05, 0) is 82.0 Å². The molecule has 34 heavy (non-hydrogen) atoms. The highest BCUT2D eigenvalue weighted by Gasteiger charge is 2.26. The zero-order valence-electron chi connectivity index (χ0n) is 22.1. The van der Waals surface area contributed by atoms with Gasteiger partial charge in [-0.15, -0.1) is 0 Å². The number of aldehydes is 1. The maximum atomic E-state index is 11.0. The lowest BCUT2D eigenvalue weighted by atomic mass is 9.85. The van der Waals surface area contributed by atoms with Crippen molar-refractivity contribution in [3.8, 4) is 0 Å². The summed E-state index contributed by atoms with van der Waals surface area (Å²) >= 11 is 0. The minimum atomic E-state index is -0.332. The third-order valence-corrected chi connectivity index (χ3v) is 7.87. The van der Waals surface area contributed by atoms with E-state index in [0.29, 0.717) is 12.0 Å². The van der Waals surface area contributed by atoms with Crippen LogP contribution in [-0.2, 0) is 11.2 Å². The van der Waals surface area contributed by atoms with Crippen molar-refractivity contribution < 1.29 is 4.79 Å². The van der Waals surface area contributed by atoms with Crippen LogP contribution in [0.4, 0.5) is 5.69 Å². The van der Waals surface area contributed by atoms with Crippen LogP contribution in [0.25, 0.3) is 0 Å². The van der Waals surface area contributed by atoms with Crippen LogP contribution in [0.5, 0.6) is 0 Å². The summed E-state index contributed by atoms with van der Waals surface area (Å²) in [6.07, 6.45) is 16.2. The SMILES string of the molecule is CC(C)=CCN(c1ccc(CCC2CCCCC2)cc1)C1CCCN(CC(C)CC(N)C=O)C1. The van der Waals surface area contributed by atoms with Gasteiger partial charge in [-0.1, -0.05) is 62.8 Å². The van der Waals surface area contributed by atoms with Gasteiger partial charge in [0.05, 0.1) is 6.04 Å². The molecular formula is C30H49N3O. The number of hydrogen-bond donors (Lipinski definition) is 1. The zero-order chi connectivity index (χ0) is 24.3. The number of aryl methyl sites for hydroxylation is 1. The fourth-order valence-corrected chi connectivity index (χ4v) is 5.93. The second kappa shape index (κ2) is 14.0. The van der Waals surface area contributed by atoms with Gasteiger partial charge in [0, 0.05) is 31.4 Å². The molecule has 2 fully saturated rings. The largest absolute Gasteiger partial charge is 0.364 e. The molecule has 0 radical (unpaired) electrons. The highest BCUT2D eigenvalue weighted by atomic mass is 16.1. The Morgan fingerprint density at radius 1 is 1.12 bits per heavy atom. The molecule has 2 N–H and O–H groups in total. The fourth-order valence-electron chi connectivity index (χ4n) is 5.93. The average Bonchev–Trinajstić information content (AvgIpc) is 2.84. The van der Waals surface area contributed by atoms with Crippen LogP contribution in [0.2, 0.25) is 0 Å². The second-order valence-electron chi connectivity index (χ2n) is 11.3. The number of anilines is 1. The first-order valence-electron chi connectivity index (χ1n) is 13.9. The summed E-state index contributed by atoms with van der Waals surface area (Å²) in [5.41, 5.74) is 10.1. The van der Waals surface area contributed by atoms with Crippen molar-refractivity contribution in [3.05, 3.63) is 41.5 Å². The van der Waals surface area contributed by atoms with Crippen LogP contribution in [0, 0.1) is 11.8 Å². The molecule has 4 nitrogen and oxygen atoms in total. The summed E-state index contributed by atoms with van der Waals surface area (Å²) in [6.45, 7) is 10.8. The molecule has 1 aromatic carbocycles. The molecule has 1 heterocycles. The van der Waals surface area contributed by atoms with Gasteiger partial charge in [0.1, 0.15) is 6.29 Å². The normalized spacial score (nSPS) is 21.6. The Hall–Kier alpha value is -1.65. The number of benzene rings is 1. The zero-order valence-corrected chi connectivity index (χ0v) is 22.1. The Bertz CT molecular complexity index is 749. The summed E-state index contributed by atoms with van der Waals surface area (Å²) in [5, 5.41) is 0. The van der Waals surface area contributed by atoms with E-state index in [1.54, 1.807) is 0 Å². The van der Waals surface area contributed by atoms with E-state index in [-0.39, 0.29) is 6.04 Å². The predicted molar refractivity (Wildman–Crippen MR) is 145 cm³/mol. The first-order chi connectivity index (χ1) is 16.4. The lowest BCUT2D eigenvalue weighted by molar-refractivity contribution is -0.109. The molecule has 2 aliphatic rings. The Labute approximate surface area is 209 Å². The summed E-state index contributed by atoms with van der Waals surface area (Å²) in [5.74, 6) is 1.38. The molecule has 0 bridgehead atoms. The third kappa shape index (κ3) is 8.85. The van der Waals surface area contributed by atoms with Crippen molar-refractivity contribution in [2.45, 2.75) is 97.1 Å². The molecule has 0 spiro atoms. The van der Waals surface area contributed by atoms with Gasteiger partial charge in [-0.3, -0.25) is 0 Å². The second-order valence-corrected chi connectivity index (χ2v) is 11.3. The molecule has 1 saturated carbocycles. The number of likely N-dealkylation sites (tertiary alicyclic amines) is 1. The number of rotatable bonds is 12. The van der Waals surface area contributed by atoms with Crippen molar-refractivity contribution in [1.82, 2.24) is 4.90 Å². The van der Waals surface area contributed by atoms with Gasteiger partial charge < -0.3 is 20.3 Å². The number of allylic oxidation sites excluding steroid dienone is 1. The number of nitrogens with zero attached hydrogens (tertiary/aromatic N) is 2. The first kappa shape index (κ1) is 26.9. The van der Waals surface area contributed by atoms with Crippen LogP contribution in [-0.4, -0.2) is 49.4 Å². The van der Waals surface area contributed by atoms with Gasteiger partial charge in [0.2, 0.25) is 0 Å². The molecule has 3 rings (SSSR count). The standard InChI is InChI=1S/C30H49N3O/c1-24(2)17-19-33(30-10-7-18-32(22-30)21-25(3)20-28(31)23-34)29-15-13-27(14-16-29)12-11-26-8-5-4-6-9-26/h13-17,23,25-26,28,30H,4-12,18-22,31H2,1-3H3. The average molecular weight is 468 g/mol. The van der Waals surface area contributed by atoms with Crippen LogP contribution < -0.4 is 10.6 Å². The van der Waals surface area contributed by atoms with Crippen molar-refractivity contribution >= 4 is 12.0 Å². The Morgan fingerprint density at radius 3 is 2.53 bits per heavy atom. The first-order valence-corrected chi connectivity index (χ1v) is 13.9. The molecule has 1 aromatic rings. The van der Waals surface area contributed by atoms with Crippen molar-refractivity contribution in [1.29, 1.82) is 0 Å².